The lowest BCUT2D eigenvalue weighted by Crippen LogP contribution is -2.45. The van der Waals surface area contributed by atoms with Gasteiger partial charge in [0.15, 0.2) is 5.96 Å². The number of hydrogen-bond acceptors (Lipinski definition) is 4. The molecule has 0 aliphatic carbocycles. The first-order valence-corrected chi connectivity index (χ1v) is 10.6. The van der Waals surface area contributed by atoms with Gasteiger partial charge in [-0.3, -0.25) is 4.79 Å². The molecule has 30 heavy (non-hydrogen) atoms. The van der Waals surface area contributed by atoms with Gasteiger partial charge in [0.25, 0.3) is 0 Å². The Morgan fingerprint density at radius 1 is 1.33 bits per heavy atom. The van der Waals surface area contributed by atoms with Crippen LogP contribution >= 0.6 is 24.0 Å². The number of hydrogen-bond donors (Lipinski definition) is 2. The van der Waals surface area contributed by atoms with Gasteiger partial charge in [-0.2, -0.15) is 0 Å². The summed E-state index contributed by atoms with van der Waals surface area (Å²) in [6, 6.07) is 8.25. The van der Waals surface area contributed by atoms with Crippen molar-refractivity contribution in [3.05, 3.63) is 29.8 Å². The Morgan fingerprint density at radius 2 is 2.13 bits per heavy atom. The Labute approximate surface area is 198 Å². The SMILES string of the molecule is CCNC(=NCc1cccc(OCCCOC)c1)NC1CCN(C(=O)C(C)C)C1.I. The second-order valence-electron chi connectivity index (χ2n) is 7.61. The number of amides is 1. The summed E-state index contributed by atoms with van der Waals surface area (Å²) in [5.74, 6) is 1.89. The fraction of sp³-hybridized carbons (Fsp3) is 0.636. The van der Waals surface area contributed by atoms with Gasteiger partial charge in [-0.1, -0.05) is 26.0 Å². The number of rotatable bonds is 10. The fourth-order valence-corrected chi connectivity index (χ4v) is 3.25. The summed E-state index contributed by atoms with van der Waals surface area (Å²) < 4.78 is 10.8. The van der Waals surface area contributed by atoms with Crippen LogP contribution in [-0.4, -0.2) is 62.8 Å². The highest BCUT2D eigenvalue weighted by Crippen LogP contribution is 2.15. The van der Waals surface area contributed by atoms with E-state index in [2.05, 4.69) is 17.6 Å². The number of ether oxygens (including phenoxy) is 2. The molecular formula is C22H37IN4O3. The number of benzene rings is 1. The maximum atomic E-state index is 12.2. The minimum atomic E-state index is 0. The maximum Gasteiger partial charge on any atom is 0.225 e. The molecule has 0 aromatic heterocycles. The number of carbonyl (C=O) groups is 1. The number of nitrogens with zero attached hydrogens (tertiary/aromatic N) is 2. The molecule has 1 amide bonds. The van der Waals surface area contributed by atoms with E-state index in [1.165, 1.54) is 0 Å². The monoisotopic (exact) mass is 532 g/mol. The number of halogens is 1. The van der Waals surface area contributed by atoms with Crippen LogP contribution in [0.4, 0.5) is 0 Å². The second kappa shape index (κ2) is 14.5. The lowest BCUT2D eigenvalue weighted by Gasteiger charge is -2.20. The third kappa shape index (κ3) is 9.07. The first kappa shape index (κ1) is 26.5. The molecule has 7 nitrogen and oxygen atoms in total. The molecule has 0 saturated carbocycles. The van der Waals surface area contributed by atoms with E-state index in [4.69, 9.17) is 14.5 Å². The zero-order valence-electron chi connectivity index (χ0n) is 18.6. The van der Waals surface area contributed by atoms with E-state index in [-0.39, 0.29) is 41.8 Å². The Bertz CT molecular complexity index is 670. The molecule has 1 aliphatic rings. The van der Waals surface area contributed by atoms with Crippen molar-refractivity contribution in [2.45, 2.75) is 46.2 Å². The molecule has 1 atom stereocenters. The van der Waals surface area contributed by atoms with Gasteiger partial charge in [0.2, 0.25) is 5.91 Å². The normalized spacial score (nSPS) is 16.4. The molecule has 2 N–H and O–H groups in total. The Morgan fingerprint density at radius 3 is 2.83 bits per heavy atom. The second-order valence-corrected chi connectivity index (χ2v) is 7.61. The van der Waals surface area contributed by atoms with Gasteiger partial charge in [0, 0.05) is 51.7 Å². The van der Waals surface area contributed by atoms with Crippen molar-refractivity contribution in [2.24, 2.45) is 10.9 Å². The van der Waals surface area contributed by atoms with E-state index in [1.807, 2.05) is 43.0 Å². The van der Waals surface area contributed by atoms with Crippen LogP contribution in [-0.2, 0) is 16.1 Å². The summed E-state index contributed by atoms with van der Waals surface area (Å²) in [5, 5.41) is 6.77. The highest BCUT2D eigenvalue weighted by atomic mass is 127. The topological polar surface area (TPSA) is 75.2 Å². The summed E-state index contributed by atoms with van der Waals surface area (Å²) in [5.41, 5.74) is 1.09. The Hall–Kier alpha value is -1.55. The molecule has 1 saturated heterocycles. The zero-order chi connectivity index (χ0) is 21.1. The van der Waals surface area contributed by atoms with E-state index >= 15 is 0 Å². The van der Waals surface area contributed by atoms with E-state index in [1.54, 1.807) is 7.11 Å². The number of nitrogens with one attached hydrogen (secondary N) is 2. The lowest BCUT2D eigenvalue weighted by molar-refractivity contribution is -0.133. The molecular weight excluding hydrogens is 495 g/mol. The van der Waals surface area contributed by atoms with Gasteiger partial charge in [0.05, 0.1) is 13.2 Å². The third-order valence-corrected chi connectivity index (χ3v) is 4.76. The zero-order valence-corrected chi connectivity index (χ0v) is 21.0. The van der Waals surface area contributed by atoms with Crippen molar-refractivity contribution in [3.63, 3.8) is 0 Å². The standard InChI is InChI=1S/C22H36N4O3.HI/c1-5-23-22(25-19-10-11-26(16-19)21(27)17(2)3)24-15-18-8-6-9-20(14-18)29-13-7-12-28-4;/h6,8-9,14,17,19H,5,7,10-13,15-16H2,1-4H3,(H2,23,24,25);1H. The van der Waals surface area contributed by atoms with Gasteiger partial charge in [-0.15, -0.1) is 24.0 Å². The van der Waals surface area contributed by atoms with Gasteiger partial charge >= 0.3 is 0 Å². The van der Waals surface area contributed by atoms with Gasteiger partial charge < -0.3 is 25.0 Å². The summed E-state index contributed by atoms with van der Waals surface area (Å²) in [6.45, 7) is 10.2. The van der Waals surface area contributed by atoms with Gasteiger partial charge in [0.1, 0.15) is 5.75 Å². The maximum absolute atomic E-state index is 12.2. The number of likely N-dealkylation sites (tertiary alicyclic amines) is 1. The van der Waals surface area contributed by atoms with Crippen LogP contribution in [0.25, 0.3) is 0 Å². The van der Waals surface area contributed by atoms with E-state index in [9.17, 15) is 4.79 Å². The van der Waals surface area contributed by atoms with Crippen molar-refractivity contribution < 1.29 is 14.3 Å². The first-order chi connectivity index (χ1) is 14.0. The summed E-state index contributed by atoms with van der Waals surface area (Å²) in [6.07, 6.45) is 1.80. The van der Waals surface area contributed by atoms with Crippen LogP contribution in [0.3, 0.4) is 0 Å². The lowest BCUT2D eigenvalue weighted by atomic mass is 10.2. The average molecular weight is 532 g/mol. The average Bonchev–Trinajstić information content (AvgIpc) is 3.17. The molecule has 1 heterocycles. The molecule has 2 rings (SSSR count). The Kier molecular flexibility index (Phi) is 12.8. The van der Waals surface area contributed by atoms with Crippen LogP contribution in [0.2, 0.25) is 0 Å². The first-order valence-electron chi connectivity index (χ1n) is 10.6. The Balaban J connectivity index is 0.00000450. The van der Waals surface area contributed by atoms with E-state index < -0.39 is 0 Å². The van der Waals surface area contributed by atoms with Gasteiger partial charge in [-0.25, -0.2) is 4.99 Å². The van der Waals surface area contributed by atoms with Gasteiger partial charge in [-0.05, 0) is 31.0 Å². The number of aliphatic imine (C=N–C) groups is 1. The highest BCUT2D eigenvalue weighted by Gasteiger charge is 2.27. The van der Waals surface area contributed by atoms with E-state index in [0.29, 0.717) is 19.8 Å². The minimum absolute atomic E-state index is 0. The van der Waals surface area contributed by atoms with Crippen LogP contribution in [0, 0.1) is 5.92 Å². The summed E-state index contributed by atoms with van der Waals surface area (Å²) in [7, 11) is 1.69. The minimum Gasteiger partial charge on any atom is -0.493 e. The van der Waals surface area contributed by atoms with Crippen molar-refractivity contribution in [1.29, 1.82) is 0 Å². The molecule has 1 aliphatic heterocycles. The number of carbonyl (C=O) groups excluding carboxylic acids is 1. The molecule has 1 fully saturated rings. The fourth-order valence-electron chi connectivity index (χ4n) is 3.25. The van der Waals surface area contributed by atoms with Crippen LogP contribution < -0.4 is 15.4 Å². The molecule has 0 radical (unpaired) electrons. The summed E-state index contributed by atoms with van der Waals surface area (Å²) >= 11 is 0. The molecule has 8 heteroatoms. The molecule has 0 spiro atoms. The highest BCUT2D eigenvalue weighted by molar-refractivity contribution is 14.0. The molecule has 1 unspecified atom stereocenters. The molecule has 170 valence electrons. The number of methoxy groups -OCH3 is 1. The largest absolute Gasteiger partial charge is 0.493 e. The van der Waals surface area contributed by atoms with Crippen LogP contribution in [0.5, 0.6) is 5.75 Å². The predicted molar refractivity (Wildman–Crippen MR) is 132 cm³/mol. The smallest absolute Gasteiger partial charge is 0.225 e. The van der Waals surface area contributed by atoms with Crippen molar-refractivity contribution in [2.75, 3.05) is 40.0 Å². The van der Waals surface area contributed by atoms with Crippen LogP contribution in [0.15, 0.2) is 29.3 Å². The number of guanidine groups is 1. The summed E-state index contributed by atoms with van der Waals surface area (Å²) in [4.78, 5) is 18.8. The molecule has 1 aromatic carbocycles. The van der Waals surface area contributed by atoms with Crippen molar-refractivity contribution >= 4 is 35.8 Å². The predicted octanol–water partition coefficient (Wildman–Crippen LogP) is 3.03. The third-order valence-electron chi connectivity index (χ3n) is 4.76. The van der Waals surface area contributed by atoms with Crippen LogP contribution in [0.1, 0.15) is 39.2 Å². The molecule has 1 aromatic rings. The quantitative estimate of drug-likeness (QED) is 0.210. The van der Waals surface area contributed by atoms with Crippen molar-refractivity contribution in [1.82, 2.24) is 15.5 Å². The molecule has 0 bridgehead atoms. The van der Waals surface area contributed by atoms with Crippen molar-refractivity contribution in [3.8, 4) is 5.75 Å². The van der Waals surface area contributed by atoms with E-state index in [0.717, 1.165) is 49.7 Å².